The van der Waals surface area contributed by atoms with E-state index in [0.29, 0.717) is 12.2 Å². The molecule has 1 aromatic carbocycles. The minimum atomic E-state index is -3.33. The number of sulfone groups is 1. The van der Waals surface area contributed by atoms with Crippen molar-refractivity contribution in [2.24, 2.45) is 0 Å². The number of hydrogen-bond donors (Lipinski definition) is 1. The van der Waals surface area contributed by atoms with Gasteiger partial charge in [0.25, 0.3) is 0 Å². The van der Waals surface area contributed by atoms with Gasteiger partial charge in [-0.15, -0.1) is 0 Å². The van der Waals surface area contributed by atoms with E-state index in [0.717, 1.165) is 0 Å². The van der Waals surface area contributed by atoms with Crippen LogP contribution in [0.25, 0.3) is 0 Å². The largest absolute Gasteiger partial charge is 0.326 e. The molecule has 1 aromatic rings. The second-order valence-electron chi connectivity index (χ2n) is 4.82. The minimum absolute atomic E-state index is 0.184. The van der Waals surface area contributed by atoms with Crippen molar-refractivity contribution in [3.05, 3.63) is 24.3 Å². The van der Waals surface area contributed by atoms with E-state index in [1.807, 2.05) is 19.0 Å². The number of nitrogens with zero attached hydrogens (tertiary/aromatic N) is 1. The fourth-order valence-electron chi connectivity index (χ4n) is 1.78. The highest BCUT2D eigenvalue weighted by Gasteiger charge is 2.23. The average Bonchev–Trinajstić information content (AvgIpc) is 2.27. The summed E-state index contributed by atoms with van der Waals surface area (Å²) in [6.07, 6.45) is 0. The van der Waals surface area contributed by atoms with Crippen LogP contribution in [0, 0.1) is 0 Å². The lowest BCUT2D eigenvalue weighted by molar-refractivity contribution is -0.114. The van der Waals surface area contributed by atoms with E-state index < -0.39 is 15.1 Å². The Morgan fingerprint density at radius 1 is 1.26 bits per heavy atom. The highest BCUT2D eigenvalue weighted by Crippen LogP contribution is 2.19. The molecule has 1 amide bonds. The molecular formula is C13H20N2O3S. The van der Waals surface area contributed by atoms with Gasteiger partial charge in [-0.3, -0.25) is 4.79 Å². The van der Waals surface area contributed by atoms with Crippen molar-refractivity contribution in [1.82, 2.24) is 4.90 Å². The summed E-state index contributed by atoms with van der Waals surface area (Å²) in [6.45, 7) is 3.57. The van der Waals surface area contributed by atoms with E-state index in [1.54, 1.807) is 19.1 Å². The van der Waals surface area contributed by atoms with Gasteiger partial charge in [0.1, 0.15) is 0 Å². The summed E-state index contributed by atoms with van der Waals surface area (Å²) >= 11 is 0. The first-order valence-corrected chi connectivity index (χ1v) is 7.54. The van der Waals surface area contributed by atoms with Crippen molar-refractivity contribution >= 4 is 21.4 Å². The van der Waals surface area contributed by atoms with E-state index in [9.17, 15) is 13.2 Å². The van der Waals surface area contributed by atoms with Crippen LogP contribution >= 0.6 is 0 Å². The Balaban J connectivity index is 2.93. The molecule has 5 nitrogen and oxygen atoms in total. The Morgan fingerprint density at radius 2 is 1.79 bits per heavy atom. The number of nitrogens with one attached hydrogen (secondary N) is 1. The number of carbonyl (C=O) groups excluding carboxylic acids is 1. The van der Waals surface area contributed by atoms with Gasteiger partial charge >= 0.3 is 0 Å². The summed E-state index contributed by atoms with van der Waals surface area (Å²) < 4.78 is 24.6. The molecule has 106 valence electrons. The third kappa shape index (κ3) is 4.33. The van der Waals surface area contributed by atoms with Crippen LogP contribution < -0.4 is 5.32 Å². The molecule has 19 heavy (non-hydrogen) atoms. The Labute approximate surface area is 114 Å². The molecule has 1 rings (SSSR count). The number of carbonyl (C=O) groups is 1. The molecule has 1 N–H and O–H groups in total. The van der Waals surface area contributed by atoms with Crippen LogP contribution in [0.3, 0.4) is 0 Å². The standard InChI is InChI=1S/C13H20N2O3S/c1-10(9-15(3)4)19(17,18)13-7-5-12(6-8-13)14-11(2)16/h5-8,10H,9H2,1-4H3,(H,14,16). The van der Waals surface area contributed by atoms with Gasteiger partial charge in [0, 0.05) is 19.2 Å². The molecule has 0 radical (unpaired) electrons. The summed E-state index contributed by atoms with van der Waals surface area (Å²) in [5, 5.41) is 2.13. The molecule has 0 saturated heterocycles. The third-order valence-electron chi connectivity index (χ3n) is 2.66. The lowest BCUT2D eigenvalue weighted by Crippen LogP contribution is -2.30. The van der Waals surface area contributed by atoms with Gasteiger partial charge in [-0.2, -0.15) is 0 Å². The van der Waals surface area contributed by atoms with Crippen molar-refractivity contribution in [3.63, 3.8) is 0 Å². The summed E-state index contributed by atoms with van der Waals surface area (Å²) in [5.74, 6) is -0.184. The van der Waals surface area contributed by atoms with Gasteiger partial charge in [0.05, 0.1) is 10.1 Å². The first kappa shape index (κ1) is 15.7. The summed E-state index contributed by atoms with van der Waals surface area (Å²) in [6, 6.07) is 6.23. The monoisotopic (exact) mass is 284 g/mol. The maximum absolute atomic E-state index is 12.3. The molecule has 0 fully saturated rings. The Kier molecular flexibility index (Phi) is 5.08. The Hall–Kier alpha value is -1.40. The van der Waals surface area contributed by atoms with Crippen LogP contribution in [0.15, 0.2) is 29.2 Å². The molecule has 6 heteroatoms. The number of anilines is 1. The van der Waals surface area contributed by atoms with E-state index in [4.69, 9.17) is 0 Å². The summed E-state index contributed by atoms with van der Waals surface area (Å²) in [5.41, 5.74) is 0.590. The highest BCUT2D eigenvalue weighted by atomic mass is 32.2. The summed E-state index contributed by atoms with van der Waals surface area (Å²) in [7, 11) is 0.345. The van der Waals surface area contributed by atoms with Crippen molar-refractivity contribution in [2.75, 3.05) is 26.0 Å². The molecule has 0 aliphatic heterocycles. The van der Waals surface area contributed by atoms with Gasteiger partial charge in [-0.25, -0.2) is 8.42 Å². The van der Waals surface area contributed by atoms with Crippen molar-refractivity contribution in [3.8, 4) is 0 Å². The predicted octanol–water partition coefficient (Wildman–Crippen LogP) is 1.37. The smallest absolute Gasteiger partial charge is 0.221 e. The molecule has 1 atom stereocenters. The zero-order valence-corrected chi connectivity index (χ0v) is 12.5. The second kappa shape index (κ2) is 6.16. The first-order valence-electron chi connectivity index (χ1n) is 5.99. The van der Waals surface area contributed by atoms with Gasteiger partial charge in [0.15, 0.2) is 9.84 Å². The number of amides is 1. The van der Waals surface area contributed by atoms with Crippen LogP contribution in [0.5, 0.6) is 0 Å². The molecule has 0 spiro atoms. The van der Waals surface area contributed by atoms with E-state index >= 15 is 0 Å². The quantitative estimate of drug-likeness (QED) is 0.887. The lowest BCUT2D eigenvalue weighted by atomic mass is 10.3. The van der Waals surface area contributed by atoms with Crippen molar-refractivity contribution in [1.29, 1.82) is 0 Å². The summed E-state index contributed by atoms with van der Waals surface area (Å²) in [4.78, 5) is 13.0. The predicted molar refractivity (Wildman–Crippen MR) is 75.9 cm³/mol. The zero-order chi connectivity index (χ0) is 14.6. The van der Waals surface area contributed by atoms with E-state index in [-0.39, 0.29) is 10.8 Å². The molecule has 0 aromatic heterocycles. The molecule has 0 aliphatic rings. The minimum Gasteiger partial charge on any atom is -0.326 e. The molecule has 0 bridgehead atoms. The maximum Gasteiger partial charge on any atom is 0.221 e. The first-order chi connectivity index (χ1) is 8.73. The number of benzene rings is 1. The Morgan fingerprint density at radius 3 is 2.21 bits per heavy atom. The molecular weight excluding hydrogens is 264 g/mol. The van der Waals surface area contributed by atoms with E-state index in [2.05, 4.69) is 5.32 Å². The SMILES string of the molecule is CC(=O)Nc1ccc(S(=O)(=O)C(C)CN(C)C)cc1. The highest BCUT2D eigenvalue weighted by molar-refractivity contribution is 7.92. The van der Waals surface area contributed by atoms with E-state index in [1.165, 1.54) is 19.1 Å². The van der Waals surface area contributed by atoms with Crippen LogP contribution in [0.2, 0.25) is 0 Å². The van der Waals surface area contributed by atoms with Gasteiger partial charge in [0.2, 0.25) is 5.91 Å². The van der Waals surface area contributed by atoms with Gasteiger partial charge in [-0.05, 0) is 45.3 Å². The molecule has 1 unspecified atom stereocenters. The normalized spacial score (nSPS) is 13.3. The van der Waals surface area contributed by atoms with Crippen LogP contribution in [0.4, 0.5) is 5.69 Å². The third-order valence-corrected chi connectivity index (χ3v) is 4.79. The van der Waals surface area contributed by atoms with Crippen LogP contribution in [-0.2, 0) is 14.6 Å². The second-order valence-corrected chi connectivity index (χ2v) is 7.19. The van der Waals surface area contributed by atoms with Crippen LogP contribution in [-0.4, -0.2) is 45.1 Å². The fourth-order valence-corrected chi connectivity index (χ4v) is 3.25. The number of rotatable bonds is 5. The van der Waals surface area contributed by atoms with Gasteiger partial charge < -0.3 is 10.2 Å². The topological polar surface area (TPSA) is 66.5 Å². The zero-order valence-electron chi connectivity index (χ0n) is 11.7. The number of hydrogen-bond acceptors (Lipinski definition) is 4. The fraction of sp³-hybridized carbons (Fsp3) is 0.462. The molecule has 0 aliphatic carbocycles. The molecule has 0 heterocycles. The average molecular weight is 284 g/mol. The van der Waals surface area contributed by atoms with Crippen molar-refractivity contribution in [2.45, 2.75) is 24.0 Å². The van der Waals surface area contributed by atoms with Crippen molar-refractivity contribution < 1.29 is 13.2 Å². The molecule has 0 saturated carbocycles. The van der Waals surface area contributed by atoms with Gasteiger partial charge in [-0.1, -0.05) is 0 Å². The Bertz CT molecular complexity index is 536. The lowest BCUT2D eigenvalue weighted by Gasteiger charge is -2.17. The van der Waals surface area contributed by atoms with Crippen LogP contribution in [0.1, 0.15) is 13.8 Å². The maximum atomic E-state index is 12.3.